The number of phenols is 1. The first-order valence-corrected chi connectivity index (χ1v) is 11.3. The maximum Gasteiger partial charge on any atom is 0.127 e. The van der Waals surface area contributed by atoms with Crippen LogP contribution in [0.4, 0.5) is 0 Å². The molecule has 0 spiro atoms. The number of ether oxygens (including phenoxy) is 1. The molecule has 1 aromatic rings. The third-order valence-electron chi connectivity index (χ3n) is 6.34. The van der Waals surface area contributed by atoms with E-state index in [2.05, 4.69) is 45.9 Å². The van der Waals surface area contributed by atoms with Gasteiger partial charge in [0, 0.05) is 23.1 Å². The fourth-order valence-electron chi connectivity index (χ4n) is 4.33. The van der Waals surface area contributed by atoms with Gasteiger partial charge < -0.3 is 9.84 Å². The number of benzene rings is 1. The fraction of sp³-hybridized carbons (Fsp3) is 0.556. The first-order valence-electron chi connectivity index (χ1n) is 11.3. The van der Waals surface area contributed by atoms with Crippen LogP contribution in [0.1, 0.15) is 94.9 Å². The minimum absolute atomic E-state index is 0.317. The first-order chi connectivity index (χ1) is 13.9. The lowest BCUT2D eigenvalue weighted by Gasteiger charge is -2.27. The maximum absolute atomic E-state index is 10.2. The molecule has 1 atom stereocenters. The molecule has 1 unspecified atom stereocenters. The number of rotatable bonds is 9. The number of hydrogen-bond acceptors (Lipinski definition) is 2. The summed E-state index contributed by atoms with van der Waals surface area (Å²) in [6.07, 6.45) is 17.3. The predicted octanol–water partition coefficient (Wildman–Crippen LogP) is 7.50. The van der Waals surface area contributed by atoms with E-state index in [1.165, 1.54) is 34.3 Å². The lowest BCUT2D eigenvalue weighted by molar-refractivity contribution is 0.164. The number of hydrogen-bond donors (Lipinski definition) is 1. The normalized spacial score (nSPS) is 18.0. The van der Waals surface area contributed by atoms with Crippen molar-refractivity contribution in [1.29, 1.82) is 0 Å². The summed E-state index contributed by atoms with van der Waals surface area (Å²) in [5.41, 5.74) is 9.05. The molecule has 0 amide bonds. The summed E-state index contributed by atoms with van der Waals surface area (Å²) < 4.78 is 6.34. The van der Waals surface area contributed by atoms with Gasteiger partial charge in [0.1, 0.15) is 11.5 Å². The van der Waals surface area contributed by atoms with Crippen molar-refractivity contribution in [3.63, 3.8) is 0 Å². The number of fused-ring (bicyclic) bond motifs is 3. The molecule has 158 valence electrons. The summed E-state index contributed by atoms with van der Waals surface area (Å²) in [5, 5.41) is 10.2. The predicted molar refractivity (Wildman–Crippen MR) is 123 cm³/mol. The van der Waals surface area contributed by atoms with Gasteiger partial charge in [0.25, 0.3) is 0 Å². The molecule has 1 N–H and O–H groups in total. The van der Waals surface area contributed by atoms with Crippen LogP contribution in [-0.2, 0) is 12.8 Å². The average Bonchev–Trinajstić information content (AvgIpc) is 3.47. The van der Waals surface area contributed by atoms with Gasteiger partial charge in [-0.3, -0.25) is 0 Å². The molecule has 0 radical (unpaired) electrons. The minimum atomic E-state index is 0.317. The molecule has 3 rings (SSSR count). The van der Waals surface area contributed by atoms with Crippen molar-refractivity contribution in [1.82, 2.24) is 0 Å². The topological polar surface area (TPSA) is 29.5 Å². The highest BCUT2D eigenvalue weighted by molar-refractivity contribution is 5.68. The highest BCUT2D eigenvalue weighted by Crippen LogP contribution is 2.50. The largest absolute Gasteiger partial charge is 0.507 e. The van der Waals surface area contributed by atoms with Crippen LogP contribution >= 0.6 is 0 Å². The average molecular weight is 395 g/mol. The van der Waals surface area contributed by atoms with Crippen molar-refractivity contribution in [2.75, 3.05) is 0 Å². The summed E-state index contributed by atoms with van der Waals surface area (Å²) in [6, 6.07) is 0. The monoisotopic (exact) mass is 394 g/mol. The smallest absolute Gasteiger partial charge is 0.127 e. The van der Waals surface area contributed by atoms with Gasteiger partial charge >= 0.3 is 0 Å². The van der Waals surface area contributed by atoms with Gasteiger partial charge in [0.2, 0.25) is 0 Å². The summed E-state index contributed by atoms with van der Waals surface area (Å²) in [7, 11) is 0. The van der Waals surface area contributed by atoms with Crippen LogP contribution in [0, 0.1) is 6.92 Å². The maximum atomic E-state index is 10.2. The summed E-state index contributed by atoms with van der Waals surface area (Å²) in [5.74, 6) is 1.61. The van der Waals surface area contributed by atoms with E-state index in [1.807, 2.05) is 6.92 Å². The quantitative estimate of drug-likeness (QED) is 0.446. The molecule has 1 aromatic carbocycles. The molecule has 1 heterocycles. The van der Waals surface area contributed by atoms with Gasteiger partial charge in [-0.1, -0.05) is 34.9 Å². The number of phenolic OH excluding ortho intramolecular Hbond substituents is 1. The molecule has 0 saturated heterocycles. The SMILES string of the molecule is CC(C)=CCC/C(C)=C/CC/C(C)=C/CCC1CCc2c(C)c(O)c3c(c2O1)C3. The van der Waals surface area contributed by atoms with Crippen LogP contribution in [0.3, 0.4) is 0 Å². The summed E-state index contributed by atoms with van der Waals surface area (Å²) in [4.78, 5) is 0. The van der Waals surface area contributed by atoms with Crippen LogP contribution in [0.15, 0.2) is 34.9 Å². The van der Waals surface area contributed by atoms with Crippen molar-refractivity contribution in [2.24, 2.45) is 0 Å². The Hall–Kier alpha value is -1.96. The Kier molecular flexibility index (Phi) is 7.27. The van der Waals surface area contributed by atoms with Gasteiger partial charge in [-0.15, -0.1) is 0 Å². The van der Waals surface area contributed by atoms with Gasteiger partial charge in [0.15, 0.2) is 0 Å². The molecule has 29 heavy (non-hydrogen) atoms. The Morgan fingerprint density at radius 3 is 2.28 bits per heavy atom. The van der Waals surface area contributed by atoms with Crippen molar-refractivity contribution in [3.8, 4) is 11.5 Å². The second-order valence-corrected chi connectivity index (χ2v) is 9.23. The molecule has 0 aromatic heterocycles. The van der Waals surface area contributed by atoms with Crippen LogP contribution in [0.5, 0.6) is 11.5 Å². The van der Waals surface area contributed by atoms with E-state index < -0.39 is 0 Å². The molecule has 0 bridgehead atoms. The number of allylic oxidation sites excluding steroid dienone is 6. The van der Waals surface area contributed by atoms with Crippen molar-refractivity contribution >= 4 is 0 Å². The molecule has 0 fully saturated rings. The fourth-order valence-corrected chi connectivity index (χ4v) is 4.33. The summed E-state index contributed by atoms with van der Waals surface area (Å²) >= 11 is 0. The van der Waals surface area contributed by atoms with Crippen LogP contribution in [0.25, 0.3) is 0 Å². The Labute approximate surface area is 177 Å². The summed E-state index contributed by atoms with van der Waals surface area (Å²) in [6.45, 7) is 10.9. The zero-order valence-corrected chi connectivity index (χ0v) is 19.0. The van der Waals surface area contributed by atoms with Crippen molar-refractivity contribution in [3.05, 3.63) is 57.2 Å². The van der Waals surface area contributed by atoms with Crippen LogP contribution < -0.4 is 4.74 Å². The molecular formula is C27H38O2. The Bertz CT molecular complexity index is 835. The lowest BCUT2D eigenvalue weighted by atomic mass is 9.95. The highest BCUT2D eigenvalue weighted by atomic mass is 16.5. The van der Waals surface area contributed by atoms with Gasteiger partial charge in [-0.2, -0.15) is 0 Å². The van der Waals surface area contributed by atoms with E-state index in [-0.39, 0.29) is 0 Å². The van der Waals surface area contributed by atoms with Gasteiger partial charge in [0.05, 0.1) is 6.10 Å². The second-order valence-electron chi connectivity index (χ2n) is 9.23. The molecule has 1 aliphatic carbocycles. The lowest BCUT2D eigenvalue weighted by Crippen LogP contribution is -2.23. The van der Waals surface area contributed by atoms with Crippen LogP contribution in [-0.4, -0.2) is 11.2 Å². The van der Waals surface area contributed by atoms with Gasteiger partial charge in [-0.05, 0) is 91.5 Å². The van der Waals surface area contributed by atoms with Crippen molar-refractivity contribution < 1.29 is 9.84 Å². The molecule has 0 saturated carbocycles. The van der Waals surface area contributed by atoms with E-state index >= 15 is 0 Å². The third-order valence-corrected chi connectivity index (χ3v) is 6.34. The zero-order chi connectivity index (χ0) is 21.0. The van der Waals surface area contributed by atoms with Crippen molar-refractivity contribution in [2.45, 2.75) is 98.5 Å². The molecule has 1 aliphatic heterocycles. The van der Waals surface area contributed by atoms with E-state index in [0.717, 1.165) is 68.2 Å². The molecular weight excluding hydrogens is 356 g/mol. The van der Waals surface area contributed by atoms with Crippen LogP contribution in [0.2, 0.25) is 0 Å². The van der Waals surface area contributed by atoms with E-state index in [0.29, 0.717) is 11.9 Å². The Morgan fingerprint density at radius 2 is 1.59 bits per heavy atom. The molecule has 2 aliphatic rings. The Morgan fingerprint density at radius 1 is 0.931 bits per heavy atom. The minimum Gasteiger partial charge on any atom is -0.507 e. The highest BCUT2D eigenvalue weighted by Gasteiger charge is 2.34. The third kappa shape index (κ3) is 5.78. The van der Waals surface area contributed by atoms with E-state index in [9.17, 15) is 5.11 Å². The van der Waals surface area contributed by atoms with Gasteiger partial charge in [-0.25, -0.2) is 0 Å². The Balaban J connectivity index is 1.40. The molecule has 2 heteroatoms. The molecule has 2 nitrogen and oxygen atoms in total. The van der Waals surface area contributed by atoms with E-state index in [1.54, 1.807) is 0 Å². The number of aromatic hydroxyl groups is 1. The first kappa shape index (κ1) is 21.7. The van der Waals surface area contributed by atoms with E-state index in [4.69, 9.17) is 4.74 Å². The second kappa shape index (κ2) is 9.69. The zero-order valence-electron chi connectivity index (χ0n) is 19.0. The standard InChI is InChI=1S/C27H38O2/c1-18(2)9-6-10-19(3)11-7-12-20(4)13-8-14-22-15-16-23-21(5)26(28)24-17-25(24)27(23)29-22/h9,11,13,22,28H,6-8,10,12,14-17H2,1-5H3/b19-11+,20-13+.